The predicted octanol–water partition coefficient (Wildman–Crippen LogP) is 12.9. The molecule has 0 saturated heterocycles. The molecule has 0 saturated carbocycles. The summed E-state index contributed by atoms with van der Waals surface area (Å²) in [6.07, 6.45) is 9.75. The second-order valence-electron chi connectivity index (χ2n) is 13.7. The highest BCUT2D eigenvalue weighted by Crippen LogP contribution is 2.44. The van der Waals surface area contributed by atoms with Gasteiger partial charge in [0.25, 0.3) is 0 Å². The zero-order valence-electron chi connectivity index (χ0n) is 28.1. The van der Waals surface area contributed by atoms with Gasteiger partial charge in [-0.05, 0) is 113 Å². The molecule has 8 aromatic carbocycles. The summed E-state index contributed by atoms with van der Waals surface area (Å²) in [4.78, 5) is 13.9. The maximum Gasteiger partial charge on any atom is 0.0702 e. The van der Waals surface area contributed by atoms with Gasteiger partial charge in [-0.2, -0.15) is 0 Å². The van der Waals surface area contributed by atoms with Gasteiger partial charge in [-0.15, -0.1) is 0 Å². The summed E-state index contributed by atoms with van der Waals surface area (Å²) >= 11 is 0. The first-order valence-electron chi connectivity index (χ1n) is 17.6. The highest BCUT2D eigenvalue weighted by Gasteiger charge is 2.18. The largest absolute Gasteiger partial charge is 0.263 e. The first-order chi connectivity index (χ1) is 25.8. The molecule has 0 aliphatic carbocycles. The fraction of sp³-hybridized carbons (Fsp3) is 0. The van der Waals surface area contributed by atoms with Crippen LogP contribution in [0.3, 0.4) is 0 Å². The first kappa shape index (κ1) is 28.8. The summed E-state index contributed by atoms with van der Waals surface area (Å²) < 4.78 is 0. The summed E-state index contributed by atoms with van der Waals surface area (Å²) in [6.45, 7) is 0. The van der Waals surface area contributed by atoms with Gasteiger partial charge in [-0.1, -0.05) is 109 Å². The highest BCUT2D eigenvalue weighted by atomic mass is 14.6. The third-order valence-corrected chi connectivity index (χ3v) is 10.8. The molecule has 3 heterocycles. The molecule has 0 N–H and O–H groups in total. The van der Waals surface area contributed by atoms with Crippen LogP contribution in [-0.2, 0) is 0 Å². The van der Waals surface area contributed by atoms with Crippen LogP contribution in [0.1, 0.15) is 0 Å². The molecule has 0 spiro atoms. The van der Waals surface area contributed by atoms with Crippen molar-refractivity contribution in [1.82, 2.24) is 15.0 Å². The van der Waals surface area contributed by atoms with E-state index in [-0.39, 0.29) is 0 Å². The van der Waals surface area contributed by atoms with Crippen molar-refractivity contribution < 1.29 is 0 Å². The molecule has 3 nitrogen and oxygen atoms in total. The zero-order chi connectivity index (χ0) is 34.2. The van der Waals surface area contributed by atoms with Crippen molar-refractivity contribution in [3.63, 3.8) is 0 Å². The molecule has 0 unspecified atom stereocenters. The minimum Gasteiger partial charge on any atom is -0.263 e. The van der Waals surface area contributed by atoms with Gasteiger partial charge in [0.2, 0.25) is 0 Å². The summed E-state index contributed by atoms with van der Waals surface area (Å²) in [5, 5.41) is 13.3. The van der Waals surface area contributed by atoms with Gasteiger partial charge in [-0.3, -0.25) is 15.0 Å². The van der Waals surface area contributed by atoms with Crippen molar-refractivity contribution in [3.05, 3.63) is 177 Å². The minimum atomic E-state index is 1.01. The van der Waals surface area contributed by atoms with Crippen LogP contribution in [0, 0.1) is 0 Å². The molecule has 0 atom stereocenters. The first-order valence-corrected chi connectivity index (χ1v) is 17.6. The van der Waals surface area contributed by atoms with Crippen LogP contribution >= 0.6 is 0 Å². The third kappa shape index (κ3) is 4.43. The Morgan fingerprint density at radius 2 is 0.827 bits per heavy atom. The number of hydrogen-bond acceptors (Lipinski definition) is 3. The Labute approximate surface area is 299 Å². The summed E-state index contributed by atoms with van der Waals surface area (Å²) in [7, 11) is 0. The van der Waals surface area contributed by atoms with Crippen molar-refractivity contribution in [2.75, 3.05) is 0 Å². The molecule has 3 heteroatoms. The van der Waals surface area contributed by atoms with Crippen LogP contribution < -0.4 is 0 Å². The molecule has 3 aromatic heterocycles. The molecule has 240 valence electrons. The average molecular weight is 660 g/mol. The van der Waals surface area contributed by atoms with E-state index in [4.69, 9.17) is 0 Å². The molecule has 0 radical (unpaired) electrons. The van der Waals surface area contributed by atoms with Crippen LogP contribution in [-0.4, -0.2) is 15.0 Å². The van der Waals surface area contributed by atoms with Gasteiger partial charge in [0.1, 0.15) is 0 Å². The number of pyridine rings is 3. The van der Waals surface area contributed by atoms with Crippen molar-refractivity contribution in [2.45, 2.75) is 0 Å². The Morgan fingerprint density at radius 3 is 1.44 bits per heavy atom. The Hall–Kier alpha value is -6.97. The molecule has 0 aliphatic rings. The Balaban J connectivity index is 1.18. The second-order valence-corrected chi connectivity index (χ2v) is 13.7. The quantitative estimate of drug-likeness (QED) is 0.177. The van der Waals surface area contributed by atoms with E-state index in [1.54, 1.807) is 0 Å². The van der Waals surface area contributed by atoms with E-state index >= 15 is 0 Å². The van der Waals surface area contributed by atoms with Gasteiger partial charge in [-0.25, -0.2) is 0 Å². The maximum atomic E-state index is 4.68. The topological polar surface area (TPSA) is 38.7 Å². The lowest BCUT2D eigenvalue weighted by atomic mass is 9.85. The van der Waals surface area contributed by atoms with E-state index < -0.39 is 0 Å². The van der Waals surface area contributed by atoms with Crippen LogP contribution in [0.15, 0.2) is 177 Å². The Morgan fingerprint density at radius 1 is 0.308 bits per heavy atom. The second kappa shape index (κ2) is 11.3. The van der Waals surface area contributed by atoms with E-state index in [0.29, 0.717) is 0 Å². The fourth-order valence-electron chi connectivity index (χ4n) is 8.33. The number of aromatic nitrogens is 3. The number of hydrogen-bond donors (Lipinski definition) is 0. The molecule has 52 heavy (non-hydrogen) atoms. The van der Waals surface area contributed by atoms with E-state index in [0.717, 1.165) is 49.5 Å². The molecular formula is C49H29N3. The van der Waals surface area contributed by atoms with Crippen molar-refractivity contribution in [3.8, 4) is 44.5 Å². The Bertz CT molecular complexity index is 3090. The van der Waals surface area contributed by atoms with Crippen LogP contribution in [0.25, 0.3) is 109 Å². The van der Waals surface area contributed by atoms with E-state index in [9.17, 15) is 0 Å². The molecule has 11 rings (SSSR count). The standard InChI is InChI=1S/C49H29N3/c1-3-9-39-34(6-1)26-50-28-45(39)37-23-36(24-38(25-37)46-29-51-27-35-7-2-4-10-40(35)46)42-17-12-31-13-18-43-41(16-11-30-14-19-44(42)49(31)48(30)43)32-15-20-47-33(22-32)8-5-21-52-47/h1-29H. The zero-order valence-corrected chi connectivity index (χ0v) is 28.1. The monoisotopic (exact) mass is 659 g/mol. The lowest BCUT2D eigenvalue weighted by molar-refractivity contribution is 1.36. The van der Waals surface area contributed by atoms with Crippen LogP contribution in [0.4, 0.5) is 0 Å². The molecule has 0 amide bonds. The normalized spacial score (nSPS) is 11.8. The summed E-state index contributed by atoms with van der Waals surface area (Å²) in [6, 6.07) is 53.0. The number of rotatable bonds is 4. The van der Waals surface area contributed by atoms with Gasteiger partial charge < -0.3 is 0 Å². The van der Waals surface area contributed by atoms with E-state index in [1.807, 2.05) is 37.1 Å². The van der Waals surface area contributed by atoms with Crippen molar-refractivity contribution >= 4 is 64.8 Å². The van der Waals surface area contributed by atoms with Gasteiger partial charge in [0, 0.05) is 58.3 Å². The average Bonchev–Trinajstić information content (AvgIpc) is 3.22. The van der Waals surface area contributed by atoms with E-state index in [2.05, 4.69) is 154 Å². The molecule has 0 bridgehead atoms. The molecular weight excluding hydrogens is 631 g/mol. The Kier molecular flexibility index (Phi) is 6.25. The lowest BCUT2D eigenvalue weighted by Gasteiger charge is -2.18. The lowest BCUT2D eigenvalue weighted by Crippen LogP contribution is -1.92. The van der Waals surface area contributed by atoms with Gasteiger partial charge in [0.05, 0.1) is 5.52 Å². The predicted molar refractivity (Wildman–Crippen MR) is 218 cm³/mol. The number of nitrogens with zero attached hydrogens (tertiary/aromatic N) is 3. The number of benzene rings is 8. The maximum absolute atomic E-state index is 4.68. The summed E-state index contributed by atoms with van der Waals surface area (Å²) in [5.74, 6) is 0. The highest BCUT2D eigenvalue weighted by molar-refractivity contribution is 6.27. The van der Waals surface area contributed by atoms with Crippen LogP contribution in [0.2, 0.25) is 0 Å². The fourth-order valence-corrected chi connectivity index (χ4v) is 8.33. The van der Waals surface area contributed by atoms with E-state index in [1.165, 1.54) is 59.8 Å². The third-order valence-electron chi connectivity index (χ3n) is 10.8. The summed E-state index contributed by atoms with van der Waals surface area (Å²) in [5.41, 5.74) is 10.3. The van der Waals surface area contributed by atoms with Gasteiger partial charge >= 0.3 is 0 Å². The smallest absolute Gasteiger partial charge is 0.0702 e. The minimum absolute atomic E-state index is 1.01. The molecule has 11 aromatic rings. The van der Waals surface area contributed by atoms with Crippen molar-refractivity contribution in [2.24, 2.45) is 0 Å². The van der Waals surface area contributed by atoms with Crippen molar-refractivity contribution in [1.29, 1.82) is 0 Å². The SMILES string of the molecule is c1cnc2ccc(-c3ccc4ccc5c(-c6cc(-c7cncc8ccccc78)cc(-c7cncc8ccccc78)c6)ccc6ccc3c4c65)cc2c1. The number of fused-ring (bicyclic) bond motifs is 3. The molecule has 0 aliphatic heterocycles. The van der Waals surface area contributed by atoms with Crippen LogP contribution in [0.5, 0.6) is 0 Å². The van der Waals surface area contributed by atoms with Gasteiger partial charge in [0.15, 0.2) is 0 Å². The molecule has 0 fully saturated rings.